The summed E-state index contributed by atoms with van der Waals surface area (Å²) < 4.78 is 37.7. The Balaban J connectivity index is 0.00000364. The molecule has 1 fully saturated rings. The normalized spacial score (nSPS) is 16.9. The lowest BCUT2D eigenvalue weighted by molar-refractivity contribution is -0.140. The van der Waals surface area contributed by atoms with Gasteiger partial charge < -0.3 is 15.5 Å². The Morgan fingerprint density at radius 1 is 1.33 bits per heavy atom. The van der Waals surface area contributed by atoms with Crippen molar-refractivity contribution in [1.82, 2.24) is 20.5 Å². The summed E-state index contributed by atoms with van der Waals surface area (Å²) in [6.07, 6.45) is -0.639. The molecule has 0 spiro atoms. The summed E-state index contributed by atoms with van der Waals surface area (Å²) in [5.74, 6) is 0.731. The van der Waals surface area contributed by atoms with Gasteiger partial charge in [-0.15, -0.1) is 35.3 Å². The zero-order chi connectivity index (χ0) is 19.0. The maximum absolute atomic E-state index is 12.6. The van der Waals surface area contributed by atoms with Crippen LogP contribution < -0.4 is 10.6 Å². The fraction of sp³-hybridized carbons (Fsp3) is 0.765. The third-order valence-electron chi connectivity index (χ3n) is 4.25. The number of guanidine groups is 1. The molecular weight excluding hydrogens is 490 g/mol. The molecule has 0 aliphatic carbocycles. The third kappa shape index (κ3) is 8.51. The van der Waals surface area contributed by atoms with Gasteiger partial charge in [0.2, 0.25) is 0 Å². The van der Waals surface area contributed by atoms with E-state index in [-0.39, 0.29) is 24.0 Å². The zero-order valence-electron chi connectivity index (χ0n) is 15.8. The van der Waals surface area contributed by atoms with Gasteiger partial charge in [-0.2, -0.15) is 13.2 Å². The van der Waals surface area contributed by atoms with Crippen LogP contribution in [-0.4, -0.2) is 54.6 Å². The van der Waals surface area contributed by atoms with E-state index in [4.69, 9.17) is 0 Å². The van der Waals surface area contributed by atoms with Gasteiger partial charge in [0, 0.05) is 44.0 Å². The summed E-state index contributed by atoms with van der Waals surface area (Å²) in [5, 5.41) is 8.19. The molecule has 5 nitrogen and oxygen atoms in total. The number of nitrogens with one attached hydrogen (secondary N) is 2. The molecule has 0 atom stereocenters. The SMILES string of the molecule is CCCN1CCC(NC(=NCCc2nc(C(F)(F)F)cs2)NCC)CC1.I. The third-order valence-corrected chi connectivity index (χ3v) is 5.16. The van der Waals surface area contributed by atoms with Gasteiger partial charge in [-0.3, -0.25) is 4.99 Å². The molecule has 1 aliphatic heterocycles. The number of thiazole rings is 1. The van der Waals surface area contributed by atoms with E-state index in [2.05, 4.69) is 32.4 Å². The molecule has 1 saturated heterocycles. The van der Waals surface area contributed by atoms with E-state index in [1.54, 1.807) is 0 Å². The van der Waals surface area contributed by atoms with Crippen LogP contribution in [0.1, 0.15) is 43.8 Å². The Labute approximate surface area is 180 Å². The molecule has 10 heteroatoms. The zero-order valence-corrected chi connectivity index (χ0v) is 19.0. The molecule has 0 radical (unpaired) electrons. The van der Waals surface area contributed by atoms with Gasteiger partial charge in [0.05, 0.1) is 5.01 Å². The number of piperidine rings is 1. The molecule has 2 rings (SSSR count). The molecule has 0 amide bonds. The van der Waals surface area contributed by atoms with Crippen molar-refractivity contribution in [2.45, 2.75) is 51.7 Å². The summed E-state index contributed by atoms with van der Waals surface area (Å²) in [6.45, 7) is 8.67. The van der Waals surface area contributed by atoms with Crippen molar-refractivity contribution in [3.63, 3.8) is 0 Å². The highest BCUT2D eigenvalue weighted by atomic mass is 127. The number of aromatic nitrogens is 1. The van der Waals surface area contributed by atoms with Gasteiger partial charge in [0.25, 0.3) is 0 Å². The lowest BCUT2D eigenvalue weighted by Crippen LogP contribution is -2.48. The summed E-state index contributed by atoms with van der Waals surface area (Å²) in [7, 11) is 0. The molecule has 2 heterocycles. The second-order valence-electron chi connectivity index (χ2n) is 6.40. The molecule has 27 heavy (non-hydrogen) atoms. The smallest absolute Gasteiger partial charge is 0.357 e. The summed E-state index contributed by atoms with van der Waals surface area (Å²) >= 11 is 1.04. The highest BCUT2D eigenvalue weighted by molar-refractivity contribution is 14.0. The van der Waals surface area contributed by atoms with Crippen molar-refractivity contribution >= 4 is 41.3 Å². The van der Waals surface area contributed by atoms with Crippen LogP contribution in [0.4, 0.5) is 13.2 Å². The summed E-state index contributed by atoms with van der Waals surface area (Å²) in [4.78, 5) is 10.6. The molecule has 1 aromatic heterocycles. The van der Waals surface area contributed by atoms with Gasteiger partial charge in [-0.25, -0.2) is 4.98 Å². The standard InChI is InChI=1S/C17H28F3N5S.HI/c1-3-9-25-10-6-13(7-11-25)23-16(21-4-2)22-8-5-15-24-14(12-26-15)17(18,19)20;/h12-13H,3-11H2,1-2H3,(H2,21,22,23);1H. The summed E-state index contributed by atoms with van der Waals surface area (Å²) in [6, 6.07) is 0.387. The van der Waals surface area contributed by atoms with E-state index < -0.39 is 11.9 Å². The minimum atomic E-state index is -4.37. The molecule has 0 saturated carbocycles. The van der Waals surface area contributed by atoms with Gasteiger partial charge >= 0.3 is 6.18 Å². The van der Waals surface area contributed by atoms with Gasteiger partial charge in [0.1, 0.15) is 0 Å². The predicted molar refractivity (Wildman–Crippen MR) is 115 cm³/mol. The van der Waals surface area contributed by atoms with Gasteiger partial charge in [-0.05, 0) is 32.7 Å². The number of rotatable bonds is 7. The first-order chi connectivity index (χ1) is 12.4. The first-order valence-corrected chi connectivity index (χ1v) is 10.1. The number of likely N-dealkylation sites (tertiary alicyclic amines) is 1. The van der Waals surface area contributed by atoms with E-state index in [9.17, 15) is 13.2 Å². The van der Waals surface area contributed by atoms with E-state index >= 15 is 0 Å². The molecule has 156 valence electrons. The van der Waals surface area contributed by atoms with Crippen LogP contribution in [0.3, 0.4) is 0 Å². The number of aliphatic imine (C=N–C) groups is 1. The van der Waals surface area contributed by atoms with Crippen LogP contribution >= 0.6 is 35.3 Å². The Kier molecular flexibility index (Phi) is 10.9. The second-order valence-corrected chi connectivity index (χ2v) is 7.34. The van der Waals surface area contributed by atoms with Gasteiger partial charge in [-0.1, -0.05) is 6.92 Å². The average molecular weight is 519 g/mol. The molecule has 2 N–H and O–H groups in total. The first-order valence-electron chi connectivity index (χ1n) is 9.21. The van der Waals surface area contributed by atoms with Crippen molar-refractivity contribution in [2.24, 2.45) is 4.99 Å². The van der Waals surface area contributed by atoms with E-state index in [0.717, 1.165) is 61.7 Å². The van der Waals surface area contributed by atoms with Crippen molar-refractivity contribution in [3.8, 4) is 0 Å². The van der Waals surface area contributed by atoms with E-state index in [0.29, 0.717) is 24.0 Å². The van der Waals surface area contributed by atoms with Gasteiger partial charge in [0.15, 0.2) is 11.7 Å². The van der Waals surface area contributed by atoms with Crippen LogP contribution in [0.5, 0.6) is 0 Å². The molecular formula is C17H29F3IN5S. The van der Waals surface area contributed by atoms with Crippen LogP contribution in [0.25, 0.3) is 0 Å². The number of nitrogens with zero attached hydrogens (tertiary/aromatic N) is 3. The first kappa shape index (κ1) is 24.4. The number of halogens is 4. The quantitative estimate of drug-likeness (QED) is 0.328. The Morgan fingerprint density at radius 2 is 2.04 bits per heavy atom. The van der Waals surface area contributed by atoms with Crippen LogP contribution in [-0.2, 0) is 12.6 Å². The fourth-order valence-electron chi connectivity index (χ4n) is 2.95. The molecule has 0 bridgehead atoms. The van der Waals surface area contributed by atoms with Crippen molar-refractivity contribution in [1.29, 1.82) is 0 Å². The molecule has 0 unspecified atom stereocenters. The number of alkyl halides is 3. The maximum Gasteiger partial charge on any atom is 0.434 e. The minimum absolute atomic E-state index is 0. The summed E-state index contributed by atoms with van der Waals surface area (Å²) in [5.41, 5.74) is -0.814. The second kappa shape index (κ2) is 12.1. The van der Waals surface area contributed by atoms with E-state index in [1.165, 1.54) is 6.42 Å². The average Bonchev–Trinajstić information content (AvgIpc) is 3.06. The molecule has 1 aliphatic rings. The minimum Gasteiger partial charge on any atom is -0.357 e. The number of hydrogen-bond acceptors (Lipinski definition) is 4. The molecule has 0 aromatic carbocycles. The Bertz CT molecular complexity index is 571. The fourth-order valence-corrected chi connectivity index (χ4v) is 3.74. The van der Waals surface area contributed by atoms with Crippen molar-refractivity contribution < 1.29 is 13.2 Å². The maximum atomic E-state index is 12.6. The van der Waals surface area contributed by atoms with Crippen LogP contribution in [0.2, 0.25) is 0 Å². The monoisotopic (exact) mass is 519 g/mol. The largest absolute Gasteiger partial charge is 0.434 e. The Morgan fingerprint density at radius 3 is 2.59 bits per heavy atom. The highest BCUT2D eigenvalue weighted by Gasteiger charge is 2.33. The van der Waals surface area contributed by atoms with Crippen molar-refractivity contribution in [2.75, 3.05) is 32.7 Å². The predicted octanol–water partition coefficient (Wildman–Crippen LogP) is 3.75. The lowest BCUT2D eigenvalue weighted by atomic mass is 10.1. The lowest BCUT2D eigenvalue weighted by Gasteiger charge is -2.32. The van der Waals surface area contributed by atoms with Crippen molar-refractivity contribution in [3.05, 3.63) is 16.1 Å². The topological polar surface area (TPSA) is 52.5 Å². The van der Waals surface area contributed by atoms with Crippen LogP contribution in [0, 0.1) is 0 Å². The Hall–Kier alpha value is -0.620. The van der Waals surface area contributed by atoms with E-state index in [1.807, 2.05) is 6.92 Å². The van der Waals surface area contributed by atoms with Crippen LogP contribution in [0.15, 0.2) is 10.4 Å². The number of hydrogen-bond donors (Lipinski definition) is 2. The molecule has 1 aromatic rings. The highest BCUT2D eigenvalue weighted by Crippen LogP contribution is 2.30.